The molecular formula is C26H33ClFN5O2. The van der Waals surface area contributed by atoms with Crippen LogP contribution in [0.4, 0.5) is 4.39 Å². The van der Waals surface area contributed by atoms with Gasteiger partial charge in [0.1, 0.15) is 5.82 Å². The third kappa shape index (κ3) is 7.26. The van der Waals surface area contributed by atoms with Gasteiger partial charge in [0.2, 0.25) is 5.78 Å². The number of benzene rings is 2. The van der Waals surface area contributed by atoms with Crippen molar-refractivity contribution in [2.45, 2.75) is 39.3 Å². The average molecular weight is 502 g/mol. The van der Waals surface area contributed by atoms with Gasteiger partial charge in [-0.2, -0.15) is 0 Å². The van der Waals surface area contributed by atoms with Crippen molar-refractivity contribution < 1.29 is 14.0 Å². The van der Waals surface area contributed by atoms with Crippen molar-refractivity contribution in [3.8, 4) is 0 Å². The van der Waals surface area contributed by atoms with E-state index in [2.05, 4.69) is 48.2 Å². The maximum Gasteiger partial charge on any atom is 0.288 e. The number of halogens is 2. The SMILES string of the molecule is CC(C)CN(C)Cc1ccc2c(c1)C[C@H](CN=C(N)N)[C@H]2NC(=O)C(=O)Cc1ccc(Cl)c(F)c1. The summed E-state index contributed by atoms with van der Waals surface area (Å²) in [6, 6.07) is 9.86. The fraction of sp³-hybridized carbons (Fsp3) is 0.423. The van der Waals surface area contributed by atoms with Crippen molar-refractivity contribution in [2.24, 2.45) is 28.3 Å². The molecule has 0 fully saturated rings. The number of Topliss-reactive ketones (excluding diaryl/α,β-unsaturated/α-hetero) is 1. The Labute approximate surface area is 210 Å². The van der Waals surface area contributed by atoms with Crippen LogP contribution in [0.25, 0.3) is 0 Å². The van der Waals surface area contributed by atoms with E-state index in [1.807, 2.05) is 6.07 Å². The van der Waals surface area contributed by atoms with Crippen molar-refractivity contribution in [1.29, 1.82) is 0 Å². The second-order valence-corrected chi connectivity index (χ2v) is 10.1. The van der Waals surface area contributed by atoms with Gasteiger partial charge in [-0.25, -0.2) is 4.39 Å². The summed E-state index contributed by atoms with van der Waals surface area (Å²) in [7, 11) is 2.09. The van der Waals surface area contributed by atoms with Crippen molar-refractivity contribution in [3.63, 3.8) is 0 Å². The molecule has 2 aromatic carbocycles. The molecule has 0 aliphatic heterocycles. The Bertz CT molecular complexity index is 1120. The van der Waals surface area contributed by atoms with E-state index in [-0.39, 0.29) is 23.3 Å². The molecule has 1 aliphatic carbocycles. The Morgan fingerprint density at radius 1 is 1.20 bits per heavy atom. The first-order valence-corrected chi connectivity index (χ1v) is 12.0. The van der Waals surface area contributed by atoms with Crippen LogP contribution < -0.4 is 16.8 Å². The van der Waals surface area contributed by atoms with Gasteiger partial charge in [0, 0.05) is 32.0 Å². The highest BCUT2D eigenvalue weighted by atomic mass is 35.5. The van der Waals surface area contributed by atoms with Crippen LogP contribution in [0.15, 0.2) is 41.4 Å². The van der Waals surface area contributed by atoms with Gasteiger partial charge in [-0.1, -0.05) is 49.7 Å². The van der Waals surface area contributed by atoms with Crippen LogP contribution >= 0.6 is 11.6 Å². The molecule has 0 radical (unpaired) electrons. The number of hydrogen-bond donors (Lipinski definition) is 3. The van der Waals surface area contributed by atoms with Gasteiger partial charge in [0.25, 0.3) is 5.91 Å². The van der Waals surface area contributed by atoms with Crippen LogP contribution in [0.5, 0.6) is 0 Å². The molecule has 188 valence electrons. The number of hydrogen-bond acceptors (Lipinski definition) is 4. The van der Waals surface area contributed by atoms with E-state index < -0.39 is 23.5 Å². The molecule has 2 atom stereocenters. The molecule has 5 N–H and O–H groups in total. The van der Waals surface area contributed by atoms with Gasteiger partial charge in [-0.15, -0.1) is 0 Å². The van der Waals surface area contributed by atoms with E-state index in [0.29, 0.717) is 24.4 Å². The first-order chi connectivity index (χ1) is 16.5. The van der Waals surface area contributed by atoms with Crippen LogP contribution in [-0.2, 0) is 29.0 Å². The zero-order chi connectivity index (χ0) is 25.7. The van der Waals surface area contributed by atoms with Crippen molar-refractivity contribution in [1.82, 2.24) is 10.2 Å². The fourth-order valence-corrected chi connectivity index (χ4v) is 4.73. The van der Waals surface area contributed by atoms with E-state index in [9.17, 15) is 14.0 Å². The van der Waals surface area contributed by atoms with E-state index in [1.165, 1.54) is 17.7 Å². The summed E-state index contributed by atoms with van der Waals surface area (Å²) in [5.74, 6) is -1.57. The summed E-state index contributed by atoms with van der Waals surface area (Å²) in [6.07, 6.45) is 0.453. The molecule has 0 heterocycles. The Kier molecular flexibility index (Phi) is 8.86. The molecule has 1 amide bonds. The average Bonchev–Trinajstić information content (AvgIpc) is 3.10. The molecule has 2 aromatic rings. The number of ketones is 1. The minimum atomic E-state index is -0.728. The fourth-order valence-electron chi connectivity index (χ4n) is 4.62. The quantitative estimate of drug-likeness (QED) is 0.263. The van der Waals surface area contributed by atoms with Crippen molar-refractivity contribution in [3.05, 3.63) is 69.5 Å². The summed E-state index contributed by atoms with van der Waals surface area (Å²) >= 11 is 5.70. The smallest absolute Gasteiger partial charge is 0.288 e. The van der Waals surface area contributed by atoms with Crippen LogP contribution in [0.3, 0.4) is 0 Å². The summed E-state index contributed by atoms with van der Waals surface area (Å²) in [5.41, 5.74) is 14.7. The lowest BCUT2D eigenvalue weighted by Gasteiger charge is -2.21. The number of amides is 1. The lowest BCUT2D eigenvalue weighted by Crippen LogP contribution is -2.38. The molecule has 0 bridgehead atoms. The molecule has 0 saturated heterocycles. The Balaban J connectivity index is 1.76. The van der Waals surface area contributed by atoms with Crippen LogP contribution in [0.2, 0.25) is 5.02 Å². The number of carbonyl (C=O) groups excluding carboxylic acids is 2. The second kappa shape index (κ2) is 11.6. The first-order valence-electron chi connectivity index (χ1n) is 11.7. The highest BCUT2D eigenvalue weighted by Gasteiger charge is 2.35. The summed E-state index contributed by atoms with van der Waals surface area (Å²) < 4.78 is 13.7. The molecular weight excluding hydrogens is 469 g/mol. The zero-order valence-electron chi connectivity index (χ0n) is 20.4. The molecule has 0 saturated carbocycles. The van der Waals surface area contributed by atoms with Gasteiger partial charge in [-0.3, -0.25) is 14.6 Å². The molecule has 35 heavy (non-hydrogen) atoms. The van der Waals surface area contributed by atoms with Crippen LogP contribution in [-0.4, -0.2) is 42.7 Å². The predicted octanol–water partition coefficient (Wildman–Crippen LogP) is 2.98. The van der Waals surface area contributed by atoms with Gasteiger partial charge < -0.3 is 21.7 Å². The zero-order valence-corrected chi connectivity index (χ0v) is 21.1. The van der Waals surface area contributed by atoms with E-state index in [0.717, 1.165) is 30.3 Å². The largest absolute Gasteiger partial charge is 0.370 e. The van der Waals surface area contributed by atoms with E-state index in [1.54, 1.807) is 0 Å². The van der Waals surface area contributed by atoms with E-state index in [4.69, 9.17) is 23.1 Å². The second-order valence-electron chi connectivity index (χ2n) is 9.65. The highest BCUT2D eigenvalue weighted by molar-refractivity contribution is 6.36. The summed E-state index contributed by atoms with van der Waals surface area (Å²) in [6.45, 7) is 6.50. The molecule has 0 aromatic heterocycles. The number of guanidine groups is 1. The number of aliphatic imine (C=N–C) groups is 1. The standard InChI is InChI=1S/C26H33ClFN5O2/c1-15(2)13-33(3)14-17-4-6-20-18(8-17)11-19(12-31-26(29)30)24(20)32-25(35)23(34)10-16-5-7-21(27)22(28)9-16/h4-9,15,19,24H,10-14H2,1-3H3,(H,32,35)(H4,29,30,31)/t19-,24-/m1/s1. The minimum Gasteiger partial charge on any atom is -0.370 e. The lowest BCUT2D eigenvalue weighted by molar-refractivity contribution is -0.138. The Hall–Kier alpha value is -2.97. The third-order valence-corrected chi connectivity index (χ3v) is 6.33. The predicted molar refractivity (Wildman–Crippen MR) is 136 cm³/mol. The molecule has 7 nitrogen and oxygen atoms in total. The minimum absolute atomic E-state index is 0.0251. The summed E-state index contributed by atoms with van der Waals surface area (Å²) in [4.78, 5) is 31.8. The number of fused-ring (bicyclic) bond motifs is 1. The number of nitrogens with two attached hydrogens (primary N) is 2. The van der Waals surface area contributed by atoms with Gasteiger partial charge in [0.15, 0.2) is 5.96 Å². The maximum atomic E-state index is 13.7. The van der Waals surface area contributed by atoms with E-state index >= 15 is 0 Å². The monoisotopic (exact) mass is 501 g/mol. The van der Waals surface area contributed by atoms with Gasteiger partial charge in [0.05, 0.1) is 11.1 Å². The molecule has 1 aliphatic rings. The Morgan fingerprint density at radius 3 is 2.57 bits per heavy atom. The normalized spacial score (nSPS) is 16.9. The highest BCUT2D eigenvalue weighted by Crippen LogP contribution is 2.37. The van der Waals surface area contributed by atoms with Gasteiger partial charge >= 0.3 is 0 Å². The van der Waals surface area contributed by atoms with Crippen molar-refractivity contribution >= 4 is 29.3 Å². The number of nitrogens with zero attached hydrogens (tertiary/aromatic N) is 2. The first kappa shape index (κ1) is 26.6. The lowest BCUT2D eigenvalue weighted by atomic mass is 9.99. The number of carbonyl (C=O) groups is 2. The molecule has 3 rings (SSSR count). The molecule has 0 spiro atoms. The maximum absolute atomic E-state index is 13.7. The number of rotatable bonds is 10. The van der Waals surface area contributed by atoms with Crippen LogP contribution in [0, 0.1) is 17.7 Å². The van der Waals surface area contributed by atoms with Crippen LogP contribution in [0.1, 0.15) is 42.1 Å². The summed E-state index contributed by atoms with van der Waals surface area (Å²) in [5, 5.41) is 2.84. The molecule has 9 heteroatoms. The third-order valence-electron chi connectivity index (χ3n) is 6.02. The van der Waals surface area contributed by atoms with Crippen molar-refractivity contribution in [2.75, 3.05) is 20.1 Å². The Morgan fingerprint density at radius 2 is 1.91 bits per heavy atom. The number of nitrogens with one attached hydrogen (secondary N) is 1. The molecule has 0 unspecified atom stereocenters. The topological polar surface area (TPSA) is 114 Å². The van der Waals surface area contributed by atoms with Gasteiger partial charge in [-0.05, 0) is 53.8 Å².